The highest BCUT2D eigenvalue weighted by Crippen LogP contribution is 2.19. The average Bonchev–Trinajstić information content (AvgIpc) is 1.78. The van der Waals surface area contributed by atoms with Gasteiger partial charge in [0.15, 0.2) is 0 Å². The Kier molecular flexibility index (Phi) is 1.31. The summed E-state index contributed by atoms with van der Waals surface area (Å²) in [4.78, 5) is 0. The van der Waals surface area contributed by atoms with Crippen LogP contribution in [0.5, 0.6) is 5.75 Å². The molecule has 0 aromatic heterocycles. The minimum Gasteiger partial charge on any atom is -0.497 e. The predicted molar refractivity (Wildman–Crippen MR) is 40.7 cm³/mol. The van der Waals surface area contributed by atoms with E-state index >= 15 is 0 Å². The van der Waals surface area contributed by atoms with Crippen molar-refractivity contribution in [1.29, 1.82) is 0 Å². The van der Waals surface area contributed by atoms with Gasteiger partial charge in [-0.3, -0.25) is 0 Å². The zero-order valence-corrected chi connectivity index (χ0v) is 6.48. The van der Waals surface area contributed by atoms with Crippen LogP contribution in [-0.4, -0.2) is 7.04 Å². The lowest BCUT2D eigenvalue weighted by Gasteiger charge is -1.98. The third kappa shape index (κ3) is 1.70. The highest BCUT2D eigenvalue weighted by molar-refractivity contribution is 9.10. The van der Waals surface area contributed by atoms with Crippen LogP contribution < -0.4 is 4.74 Å². The molecule has 0 saturated heterocycles. The second kappa shape index (κ2) is 3.01. The molecule has 1 aromatic rings. The van der Waals surface area contributed by atoms with Crippen molar-refractivity contribution in [3.63, 3.8) is 0 Å². The summed E-state index contributed by atoms with van der Waals surface area (Å²) in [5, 5.41) is 0. The van der Waals surface area contributed by atoms with E-state index in [0.29, 0.717) is 4.47 Å². The van der Waals surface area contributed by atoms with Gasteiger partial charge in [0.05, 0.1) is 11.2 Å². The zero-order chi connectivity index (χ0) is 10.1. The van der Waals surface area contributed by atoms with Gasteiger partial charge in [-0.05, 0) is 12.1 Å². The van der Waals surface area contributed by atoms with Gasteiger partial charge in [-0.25, -0.2) is 4.39 Å². The van der Waals surface area contributed by atoms with Crippen LogP contribution in [-0.2, 0) is 0 Å². The molecule has 10 heavy (non-hydrogen) atoms. The Hall–Kier alpha value is -0.570. The van der Waals surface area contributed by atoms with E-state index in [-0.39, 0.29) is 5.75 Å². The molecule has 1 nitrogen and oxygen atoms in total. The fourth-order valence-corrected chi connectivity index (χ4v) is 1.03. The quantitative estimate of drug-likeness (QED) is 0.689. The summed E-state index contributed by atoms with van der Waals surface area (Å²) in [6.45, 7) is 0. The fraction of sp³-hybridized carbons (Fsp3) is 0.143. The minimum absolute atomic E-state index is 0.0214. The first-order valence-electron chi connectivity index (χ1n) is 4.02. The number of halogens is 2. The molecule has 0 atom stereocenters. The Morgan fingerprint density at radius 3 is 3.00 bits per heavy atom. The number of hydrogen-bond donors (Lipinski definition) is 0. The maximum Gasteiger partial charge on any atom is 0.128 e. The summed E-state index contributed by atoms with van der Waals surface area (Å²) < 4.78 is 38.0. The van der Waals surface area contributed by atoms with E-state index in [2.05, 4.69) is 20.7 Å². The van der Waals surface area contributed by atoms with Crippen molar-refractivity contribution in [2.75, 3.05) is 7.04 Å². The number of rotatable bonds is 1. The Morgan fingerprint density at radius 1 is 1.60 bits per heavy atom. The number of methoxy groups -OCH3 is 1. The van der Waals surface area contributed by atoms with Crippen LogP contribution in [0.2, 0.25) is 0 Å². The van der Waals surface area contributed by atoms with E-state index in [4.69, 9.17) is 4.11 Å². The lowest BCUT2D eigenvalue weighted by atomic mass is 10.3. The van der Waals surface area contributed by atoms with Gasteiger partial charge < -0.3 is 4.74 Å². The lowest BCUT2D eigenvalue weighted by Crippen LogP contribution is -1.83. The summed E-state index contributed by atoms with van der Waals surface area (Å²) in [7, 11) is -2.55. The van der Waals surface area contributed by atoms with Crippen LogP contribution in [0.4, 0.5) is 4.39 Å². The van der Waals surface area contributed by atoms with Gasteiger partial charge in [-0.1, -0.05) is 15.9 Å². The van der Waals surface area contributed by atoms with Crippen molar-refractivity contribution in [2.45, 2.75) is 0 Å². The van der Waals surface area contributed by atoms with Crippen LogP contribution in [0, 0.1) is 5.82 Å². The molecule has 0 bridgehead atoms. The predicted octanol–water partition coefficient (Wildman–Crippen LogP) is 2.60. The van der Waals surface area contributed by atoms with Crippen molar-refractivity contribution in [2.24, 2.45) is 0 Å². The molecule has 3 heteroatoms. The molecule has 0 heterocycles. The Bertz CT molecular complexity index is 293. The molecular weight excluding hydrogens is 199 g/mol. The highest BCUT2D eigenvalue weighted by Gasteiger charge is 1.96. The van der Waals surface area contributed by atoms with Crippen molar-refractivity contribution < 1.29 is 13.2 Å². The molecule has 1 aromatic carbocycles. The standard InChI is InChI=1S/C7H6BrFO/c1-10-7-3-5(8)2-6(9)4-7/h2-4H,1H3/i1D3. The molecule has 0 spiro atoms. The normalized spacial score (nSPS) is 15.2. The van der Waals surface area contributed by atoms with Crippen molar-refractivity contribution >= 4 is 15.9 Å². The monoisotopic (exact) mass is 207 g/mol. The minimum atomic E-state index is -2.55. The van der Waals surface area contributed by atoms with Gasteiger partial charge in [-0.15, -0.1) is 0 Å². The average molecular weight is 208 g/mol. The maximum absolute atomic E-state index is 12.7. The van der Waals surface area contributed by atoms with Crippen LogP contribution in [0.25, 0.3) is 0 Å². The summed E-state index contributed by atoms with van der Waals surface area (Å²) >= 11 is 3.02. The molecule has 0 aliphatic heterocycles. The number of ether oxygens (including phenoxy) is 1. The molecule has 0 radical (unpaired) electrons. The molecule has 0 N–H and O–H groups in total. The Balaban J connectivity index is 2.90. The van der Waals surface area contributed by atoms with Gasteiger partial charge in [0.1, 0.15) is 11.6 Å². The molecule has 0 saturated carbocycles. The van der Waals surface area contributed by atoms with Crippen LogP contribution in [0.15, 0.2) is 22.7 Å². The molecular formula is C7H6BrFO. The van der Waals surface area contributed by atoms with E-state index in [1.807, 2.05) is 0 Å². The SMILES string of the molecule is [2H]C([2H])([2H])Oc1cc(F)cc(Br)c1. The van der Waals surface area contributed by atoms with Gasteiger partial charge in [-0.2, -0.15) is 0 Å². The third-order valence-electron chi connectivity index (χ3n) is 0.954. The first-order valence-corrected chi connectivity index (χ1v) is 3.31. The maximum atomic E-state index is 12.7. The zero-order valence-electron chi connectivity index (χ0n) is 7.90. The molecule has 54 valence electrons. The largest absolute Gasteiger partial charge is 0.497 e. The number of hydrogen-bond acceptors (Lipinski definition) is 1. The first kappa shape index (κ1) is 4.34. The second-order valence-corrected chi connectivity index (χ2v) is 2.62. The lowest BCUT2D eigenvalue weighted by molar-refractivity contribution is 0.411. The van der Waals surface area contributed by atoms with Crippen molar-refractivity contribution in [3.05, 3.63) is 28.5 Å². The molecule has 1 rings (SSSR count). The van der Waals surface area contributed by atoms with E-state index in [1.165, 1.54) is 12.1 Å². The number of benzene rings is 1. The molecule has 0 aliphatic carbocycles. The van der Waals surface area contributed by atoms with Crippen LogP contribution in [0.1, 0.15) is 4.11 Å². The second-order valence-electron chi connectivity index (χ2n) is 1.71. The van der Waals surface area contributed by atoms with Gasteiger partial charge in [0.2, 0.25) is 0 Å². The molecule has 0 unspecified atom stereocenters. The summed E-state index contributed by atoms with van der Waals surface area (Å²) in [5.74, 6) is -0.569. The van der Waals surface area contributed by atoms with E-state index in [0.717, 1.165) is 6.07 Å². The summed E-state index contributed by atoms with van der Waals surface area (Å²) in [5.41, 5.74) is 0. The van der Waals surface area contributed by atoms with E-state index < -0.39 is 12.9 Å². The van der Waals surface area contributed by atoms with E-state index in [1.54, 1.807) is 0 Å². The Morgan fingerprint density at radius 2 is 2.40 bits per heavy atom. The third-order valence-corrected chi connectivity index (χ3v) is 1.41. The Labute approximate surface area is 71.2 Å². The first-order chi connectivity index (χ1) is 5.87. The summed E-state index contributed by atoms with van der Waals surface area (Å²) in [6.07, 6.45) is 0. The van der Waals surface area contributed by atoms with Crippen LogP contribution >= 0.6 is 15.9 Å². The van der Waals surface area contributed by atoms with E-state index in [9.17, 15) is 4.39 Å². The van der Waals surface area contributed by atoms with Crippen molar-refractivity contribution in [3.8, 4) is 5.75 Å². The molecule has 0 aliphatic rings. The van der Waals surface area contributed by atoms with Crippen LogP contribution in [0.3, 0.4) is 0 Å². The molecule has 0 fully saturated rings. The fourth-order valence-electron chi connectivity index (χ4n) is 0.587. The summed E-state index contributed by atoms with van der Waals surface area (Å²) in [6, 6.07) is 3.61. The van der Waals surface area contributed by atoms with Gasteiger partial charge >= 0.3 is 0 Å². The molecule has 0 amide bonds. The smallest absolute Gasteiger partial charge is 0.128 e. The van der Waals surface area contributed by atoms with Gasteiger partial charge in [0.25, 0.3) is 0 Å². The van der Waals surface area contributed by atoms with Crippen molar-refractivity contribution in [1.82, 2.24) is 0 Å². The topological polar surface area (TPSA) is 9.23 Å². The highest BCUT2D eigenvalue weighted by atomic mass is 79.9. The van der Waals surface area contributed by atoms with Gasteiger partial charge in [0, 0.05) is 10.5 Å².